The van der Waals surface area contributed by atoms with Gasteiger partial charge in [-0.05, 0) is 0 Å². The van der Waals surface area contributed by atoms with E-state index in [1.807, 2.05) is 0 Å². The Balaban J connectivity index is 2.77. The van der Waals surface area contributed by atoms with Crippen LogP contribution in [0.15, 0.2) is 36.4 Å². The van der Waals surface area contributed by atoms with E-state index in [9.17, 15) is 0 Å². The fraction of sp³-hybridized carbons (Fsp3) is 0.143. The fourth-order valence-corrected chi connectivity index (χ4v) is 2.42. The van der Waals surface area contributed by atoms with E-state index in [0.717, 1.165) is 0 Å². The van der Waals surface area contributed by atoms with Gasteiger partial charge < -0.3 is 0 Å². The summed E-state index contributed by atoms with van der Waals surface area (Å²) in [6.45, 7) is 4.38. The Bertz CT molecular complexity index is 440. The van der Waals surface area contributed by atoms with E-state index < -0.39 is 0 Å². The third kappa shape index (κ3) is 2.17. The van der Waals surface area contributed by atoms with Crippen molar-refractivity contribution in [3.8, 4) is 11.1 Å². The molecule has 0 aromatic heterocycles. The predicted molar refractivity (Wildman–Crippen MR) is 72.1 cm³/mol. The summed E-state index contributed by atoms with van der Waals surface area (Å²) in [6, 6.07) is 13.0. The van der Waals surface area contributed by atoms with Gasteiger partial charge in [-0.1, -0.05) is 0 Å². The third-order valence-corrected chi connectivity index (χ3v) is 3.21. The van der Waals surface area contributed by atoms with Crippen molar-refractivity contribution in [3.63, 3.8) is 0 Å². The van der Waals surface area contributed by atoms with Gasteiger partial charge in [0.2, 0.25) is 0 Å². The van der Waals surface area contributed by atoms with Crippen LogP contribution in [0.25, 0.3) is 11.1 Å². The van der Waals surface area contributed by atoms with Crippen molar-refractivity contribution < 1.29 is 0 Å². The molecule has 0 radical (unpaired) electrons. The van der Waals surface area contributed by atoms with Crippen LogP contribution in [0.4, 0.5) is 0 Å². The fourth-order valence-electron chi connectivity index (χ4n) is 2.42. The number of hydrogen-bond acceptors (Lipinski definition) is 0. The minimum absolute atomic E-state index is 1.36. The second-order valence-electron chi connectivity index (χ2n) is 4.53. The van der Waals surface area contributed by atoms with Gasteiger partial charge in [-0.3, -0.25) is 0 Å². The Morgan fingerprint density at radius 2 is 1.06 bits per heavy atom. The van der Waals surface area contributed by atoms with Gasteiger partial charge in [-0.2, -0.15) is 0 Å². The molecule has 70 valence electrons. The normalized spacial score (nSPS) is 10.6. The SMILES string of the molecule is [Li][c]1cccc(C)c1-c1[c]([Li])cccc1C. The van der Waals surface area contributed by atoms with Gasteiger partial charge in [-0.25, -0.2) is 0 Å². The molecule has 0 nitrogen and oxygen atoms in total. The number of aryl methyl sites for hydroxylation is 2. The van der Waals surface area contributed by atoms with Crippen LogP contribution in [0, 0.1) is 13.8 Å². The van der Waals surface area contributed by atoms with E-state index in [1.165, 1.54) is 30.7 Å². The number of rotatable bonds is 1. The first-order valence-corrected chi connectivity index (χ1v) is 5.74. The van der Waals surface area contributed by atoms with Gasteiger partial charge in [0.05, 0.1) is 0 Å². The maximum atomic E-state index is 2.19. The van der Waals surface area contributed by atoms with Crippen LogP contribution in [0.5, 0.6) is 0 Å². The van der Waals surface area contributed by atoms with Crippen molar-refractivity contribution in [1.82, 2.24) is 0 Å². The first kappa shape index (κ1) is 12.1. The molecule has 0 aliphatic heterocycles. The number of benzene rings is 2. The van der Waals surface area contributed by atoms with Gasteiger partial charge in [0.25, 0.3) is 0 Å². The molecule has 2 aromatic rings. The van der Waals surface area contributed by atoms with E-state index in [4.69, 9.17) is 0 Å². The zero-order valence-corrected chi connectivity index (χ0v) is 10.5. The van der Waals surface area contributed by atoms with Gasteiger partial charge in [0, 0.05) is 0 Å². The summed E-state index contributed by atoms with van der Waals surface area (Å²) < 4.78 is 2.72. The summed E-state index contributed by atoms with van der Waals surface area (Å²) in [5, 5.41) is 0. The van der Waals surface area contributed by atoms with Crippen molar-refractivity contribution in [1.29, 1.82) is 0 Å². The van der Waals surface area contributed by atoms with E-state index in [1.54, 1.807) is 0 Å². The molecule has 0 aliphatic rings. The first-order chi connectivity index (χ1) is 7.61. The molecule has 2 rings (SSSR count). The van der Waals surface area contributed by atoms with Gasteiger partial charge in [-0.15, -0.1) is 0 Å². The number of hydrogen-bond donors (Lipinski definition) is 0. The zero-order valence-electron chi connectivity index (χ0n) is 10.5. The summed E-state index contributed by atoms with van der Waals surface area (Å²) in [4.78, 5) is 0. The van der Waals surface area contributed by atoms with E-state index in [0.29, 0.717) is 0 Å². The summed E-state index contributed by atoms with van der Waals surface area (Å²) in [5.41, 5.74) is 5.52. The molecule has 0 unspecified atom stereocenters. The molecule has 0 N–H and O–H groups in total. The van der Waals surface area contributed by atoms with Crippen molar-refractivity contribution in [2.45, 2.75) is 13.8 Å². The Kier molecular flexibility index (Phi) is 3.68. The Hall–Kier alpha value is -0.365. The van der Waals surface area contributed by atoms with Crippen molar-refractivity contribution >= 4 is 43.9 Å². The summed E-state index contributed by atoms with van der Waals surface area (Å²) in [5.74, 6) is 0. The quantitative estimate of drug-likeness (QED) is 0.604. The second kappa shape index (κ2) is 4.87. The third-order valence-electron chi connectivity index (χ3n) is 3.21. The molecule has 0 atom stereocenters. The maximum absolute atomic E-state index is 2.19. The van der Waals surface area contributed by atoms with Crippen LogP contribution in [0.1, 0.15) is 11.1 Å². The van der Waals surface area contributed by atoms with Gasteiger partial charge in [0.1, 0.15) is 0 Å². The van der Waals surface area contributed by atoms with Crippen LogP contribution in [0.3, 0.4) is 0 Å². The topological polar surface area (TPSA) is 0 Å². The molecule has 2 aromatic carbocycles. The molecule has 0 heterocycles. The Labute approximate surface area is 116 Å². The second-order valence-corrected chi connectivity index (χ2v) is 4.53. The molecule has 16 heavy (non-hydrogen) atoms. The monoisotopic (exact) mass is 194 g/mol. The Morgan fingerprint density at radius 3 is 1.38 bits per heavy atom. The molecular weight excluding hydrogens is 182 g/mol. The molecule has 0 spiro atoms. The standard InChI is InChI=1S/C14H12.2Li/c1-11-7-3-5-9-13(11)14-10-6-4-8-12(14)2;;/h3-8H,1-2H3;;. The molecule has 0 fully saturated rings. The van der Waals surface area contributed by atoms with Crippen molar-refractivity contribution in [2.24, 2.45) is 0 Å². The average molecular weight is 194 g/mol. The molecule has 0 saturated heterocycles. The van der Waals surface area contributed by atoms with Gasteiger partial charge in [0.15, 0.2) is 0 Å². The van der Waals surface area contributed by atoms with Crippen LogP contribution in [-0.2, 0) is 0 Å². The summed E-state index contributed by atoms with van der Waals surface area (Å²) in [7, 11) is 0. The van der Waals surface area contributed by atoms with Crippen LogP contribution >= 0.6 is 0 Å². The zero-order chi connectivity index (χ0) is 11.7. The average Bonchev–Trinajstić information content (AvgIpc) is 2.21. The molecule has 0 aliphatic carbocycles. The van der Waals surface area contributed by atoms with E-state index in [-0.39, 0.29) is 0 Å². The Morgan fingerprint density at radius 1 is 0.688 bits per heavy atom. The molecule has 0 amide bonds. The van der Waals surface area contributed by atoms with E-state index in [2.05, 4.69) is 85.7 Å². The summed E-state index contributed by atoms with van der Waals surface area (Å²) >= 11 is 4.38. The van der Waals surface area contributed by atoms with Crippen LogP contribution < -0.4 is 8.47 Å². The van der Waals surface area contributed by atoms with Gasteiger partial charge >= 0.3 is 116 Å². The summed E-state index contributed by atoms with van der Waals surface area (Å²) in [6.07, 6.45) is 0. The molecule has 0 saturated carbocycles. The predicted octanol–water partition coefficient (Wildman–Crippen LogP) is 1.56. The van der Waals surface area contributed by atoms with Crippen LogP contribution in [-0.4, -0.2) is 35.4 Å². The first-order valence-electron chi connectivity index (χ1n) is 5.74. The molecular formula is C14H12Li2. The molecule has 0 bridgehead atoms. The molecule has 2 heteroatoms. The van der Waals surface area contributed by atoms with Crippen LogP contribution in [0.2, 0.25) is 0 Å². The van der Waals surface area contributed by atoms with Crippen molar-refractivity contribution in [2.75, 3.05) is 0 Å². The van der Waals surface area contributed by atoms with Crippen molar-refractivity contribution in [3.05, 3.63) is 47.5 Å². The minimum atomic E-state index is 1.36. The van der Waals surface area contributed by atoms with E-state index >= 15 is 0 Å².